The largest absolute Gasteiger partial charge is 0.309 e. The monoisotopic (exact) mass is 193 g/mol. The highest BCUT2D eigenvalue weighted by Gasteiger charge is 2.28. The molecule has 74 valence electrons. The van der Waals surface area contributed by atoms with Gasteiger partial charge >= 0.3 is 0 Å². The van der Waals surface area contributed by atoms with Gasteiger partial charge in [0.1, 0.15) is 5.82 Å². The average molecular weight is 193 g/mol. The number of benzene rings is 1. The van der Waals surface area contributed by atoms with Gasteiger partial charge in [-0.25, -0.2) is 4.39 Å². The van der Waals surface area contributed by atoms with E-state index in [0.717, 1.165) is 17.7 Å². The summed E-state index contributed by atoms with van der Waals surface area (Å²) in [6.07, 6.45) is 0.743. The Balaban J connectivity index is 2.48. The second-order valence-electron chi connectivity index (χ2n) is 3.72. The van der Waals surface area contributed by atoms with Crippen molar-refractivity contribution in [1.82, 2.24) is 0 Å². The maximum atomic E-state index is 12.9. The summed E-state index contributed by atoms with van der Waals surface area (Å²) < 4.78 is 12.9. The first-order valence-corrected chi connectivity index (χ1v) is 4.68. The van der Waals surface area contributed by atoms with Crippen LogP contribution in [0.5, 0.6) is 0 Å². The maximum Gasteiger partial charge on any atom is 0.224 e. The molecule has 0 aromatic heterocycles. The third kappa shape index (κ3) is 1.29. The van der Waals surface area contributed by atoms with Crippen LogP contribution in [0.4, 0.5) is 10.1 Å². The van der Waals surface area contributed by atoms with Gasteiger partial charge in [0.25, 0.3) is 0 Å². The fraction of sp³-hybridized carbons (Fsp3) is 0.364. The fourth-order valence-corrected chi connectivity index (χ4v) is 2.08. The minimum atomic E-state index is -0.235. The molecule has 1 amide bonds. The minimum absolute atomic E-state index is 0.0165. The van der Waals surface area contributed by atoms with Gasteiger partial charge in [0, 0.05) is 18.7 Å². The number of nitrogens with zero attached hydrogens (tertiary/aromatic N) is 1. The van der Waals surface area contributed by atoms with E-state index in [0.29, 0.717) is 0 Å². The molecular weight excluding hydrogens is 181 g/mol. The van der Waals surface area contributed by atoms with Crippen LogP contribution in [-0.2, 0) is 11.2 Å². The van der Waals surface area contributed by atoms with Crippen LogP contribution < -0.4 is 4.90 Å². The molecular formula is C11H12FNO. The Kier molecular flexibility index (Phi) is 2.02. The Morgan fingerprint density at radius 1 is 1.57 bits per heavy atom. The summed E-state index contributed by atoms with van der Waals surface area (Å²) >= 11 is 0. The first kappa shape index (κ1) is 9.19. The zero-order chi connectivity index (χ0) is 10.3. The molecule has 0 saturated heterocycles. The zero-order valence-corrected chi connectivity index (χ0v) is 8.25. The molecule has 1 heterocycles. The standard InChI is InChI=1S/C11H12FNO/c1-7-5-9-6-10(12)3-4-11(9)13(7)8(2)14/h3-4,6-7H,5H2,1-2H3. The van der Waals surface area contributed by atoms with Gasteiger partial charge in [-0.15, -0.1) is 0 Å². The summed E-state index contributed by atoms with van der Waals surface area (Å²) in [5.74, 6) is -0.218. The summed E-state index contributed by atoms with van der Waals surface area (Å²) in [7, 11) is 0. The van der Waals surface area contributed by atoms with Gasteiger partial charge in [-0.2, -0.15) is 0 Å². The maximum absolute atomic E-state index is 12.9. The van der Waals surface area contributed by atoms with Crippen molar-refractivity contribution in [3.05, 3.63) is 29.6 Å². The molecule has 1 aliphatic heterocycles. The Hall–Kier alpha value is -1.38. The number of hydrogen-bond acceptors (Lipinski definition) is 1. The molecule has 0 saturated carbocycles. The van der Waals surface area contributed by atoms with Gasteiger partial charge in [0.05, 0.1) is 0 Å². The van der Waals surface area contributed by atoms with Crippen LogP contribution in [0.15, 0.2) is 18.2 Å². The second kappa shape index (κ2) is 3.08. The quantitative estimate of drug-likeness (QED) is 0.618. The number of rotatable bonds is 0. The lowest BCUT2D eigenvalue weighted by atomic mass is 10.1. The zero-order valence-electron chi connectivity index (χ0n) is 8.25. The molecule has 1 aliphatic rings. The summed E-state index contributed by atoms with van der Waals surface area (Å²) in [5, 5.41) is 0. The van der Waals surface area contributed by atoms with E-state index in [1.54, 1.807) is 11.0 Å². The first-order valence-electron chi connectivity index (χ1n) is 4.68. The van der Waals surface area contributed by atoms with E-state index in [9.17, 15) is 9.18 Å². The third-order valence-electron chi connectivity index (χ3n) is 2.60. The van der Waals surface area contributed by atoms with Crippen molar-refractivity contribution in [2.45, 2.75) is 26.3 Å². The predicted octanol–water partition coefficient (Wildman–Crippen LogP) is 2.12. The van der Waals surface area contributed by atoms with Crippen LogP contribution in [-0.4, -0.2) is 11.9 Å². The van der Waals surface area contributed by atoms with Crippen LogP contribution in [0.25, 0.3) is 0 Å². The van der Waals surface area contributed by atoms with Crippen LogP contribution in [0.1, 0.15) is 19.4 Å². The number of carbonyl (C=O) groups is 1. The molecule has 0 spiro atoms. The van der Waals surface area contributed by atoms with Crippen LogP contribution >= 0.6 is 0 Å². The van der Waals surface area contributed by atoms with Gasteiger partial charge in [0.15, 0.2) is 0 Å². The number of carbonyl (C=O) groups excluding carboxylic acids is 1. The van der Waals surface area contributed by atoms with Gasteiger partial charge in [-0.3, -0.25) is 4.79 Å². The van der Waals surface area contributed by atoms with Crippen molar-refractivity contribution in [3.8, 4) is 0 Å². The van der Waals surface area contributed by atoms with Gasteiger partial charge < -0.3 is 4.90 Å². The number of hydrogen-bond donors (Lipinski definition) is 0. The topological polar surface area (TPSA) is 20.3 Å². The van der Waals surface area contributed by atoms with E-state index in [1.165, 1.54) is 19.1 Å². The van der Waals surface area contributed by atoms with E-state index in [2.05, 4.69) is 0 Å². The molecule has 14 heavy (non-hydrogen) atoms. The Labute approximate surface area is 82.3 Å². The lowest BCUT2D eigenvalue weighted by molar-refractivity contribution is -0.116. The van der Waals surface area contributed by atoms with Crippen molar-refractivity contribution in [2.75, 3.05) is 4.90 Å². The third-order valence-corrected chi connectivity index (χ3v) is 2.60. The van der Waals surface area contributed by atoms with Crippen molar-refractivity contribution >= 4 is 11.6 Å². The van der Waals surface area contributed by atoms with E-state index >= 15 is 0 Å². The summed E-state index contributed by atoms with van der Waals surface area (Å²) in [4.78, 5) is 13.1. The first-order chi connectivity index (χ1) is 6.59. The summed E-state index contributed by atoms with van der Waals surface area (Å²) in [6, 6.07) is 4.72. The normalized spacial score (nSPS) is 19.6. The van der Waals surface area contributed by atoms with Crippen molar-refractivity contribution < 1.29 is 9.18 Å². The van der Waals surface area contributed by atoms with Crippen molar-refractivity contribution in [2.24, 2.45) is 0 Å². The molecule has 3 heteroatoms. The number of amides is 1. The van der Waals surface area contributed by atoms with Crippen LogP contribution in [0.3, 0.4) is 0 Å². The minimum Gasteiger partial charge on any atom is -0.309 e. The van der Waals surface area contributed by atoms with Gasteiger partial charge in [-0.05, 0) is 37.1 Å². The number of halogens is 1. The van der Waals surface area contributed by atoms with E-state index in [4.69, 9.17) is 0 Å². The number of fused-ring (bicyclic) bond motifs is 1. The molecule has 1 atom stereocenters. The predicted molar refractivity (Wildman–Crippen MR) is 52.7 cm³/mol. The van der Waals surface area contributed by atoms with Gasteiger partial charge in [0.2, 0.25) is 5.91 Å². The molecule has 0 fully saturated rings. The molecule has 0 bridgehead atoms. The highest BCUT2D eigenvalue weighted by Crippen LogP contribution is 2.32. The summed E-state index contributed by atoms with van der Waals surface area (Å²) in [5.41, 5.74) is 1.78. The molecule has 2 nitrogen and oxygen atoms in total. The molecule has 0 aliphatic carbocycles. The molecule has 1 aromatic rings. The molecule has 1 aromatic carbocycles. The lowest BCUT2D eigenvalue weighted by Crippen LogP contribution is -2.33. The van der Waals surface area contributed by atoms with E-state index < -0.39 is 0 Å². The highest BCUT2D eigenvalue weighted by atomic mass is 19.1. The average Bonchev–Trinajstić information content (AvgIpc) is 2.39. The van der Waals surface area contributed by atoms with Crippen molar-refractivity contribution in [3.63, 3.8) is 0 Å². The smallest absolute Gasteiger partial charge is 0.224 e. The molecule has 1 unspecified atom stereocenters. The van der Waals surface area contributed by atoms with Crippen LogP contribution in [0, 0.1) is 5.82 Å². The van der Waals surface area contributed by atoms with Crippen molar-refractivity contribution in [1.29, 1.82) is 0 Å². The van der Waals surface area contributed by atoms with Gasteiger partial charge in [-0.1, -0.05) is 0 Å². The van der Waals surface area contributed by atoms with E-state index in [-0.39, 0.29) is 17.8 Å². The Morgan fingerprint density at radius 3 is 2.93 bits per heavy atom. The molecule has 0 N–H and O–H groups in total. The second-order valence-corrected chi connectivity index (χ2v) is 3.72. The molecule has 0 radical (unpaired) electrons. The lowest BCUT2D eigenvalue weighted by Gasteiger charge is -2.20. The SMILES string of the molecule is CC(=O)N1c2ccc(F)cc2CC1C. The Bertz CT molecular complexity index is 389. The Morgan fingerprint density at radius 2 is 2.29 bits per heavy atom. The molecule has 2 rings (SSSR count). The van der Waals surface area contributed by atoms with E-state index in [1.807, 2.05) is 6.92 Å². The number of anilines is 1. The highest BCUT2D eigenvalue weighted by molar-refractivity contribution is 5.94. The summed E-state index contributed by atoms with van der Waals surface area (Å²) in [6.45, 7) is 3.51. The van der Waals surface area contributed by atoms with Crippen LogP contribution in [0.2, 0.25) is 0 Å². The fourth-order valence-electron chi connectivity index (χ4n) is 2.08.